The van der Waals surface area contributed by atoms with E-state index < -0.39 is 35.9 Å². The number of hydrogen-bond donors (Lipinski definition) is 0. The van der Waals surface area contributed by atoms with Crippen molar-refractivity contribution in [1.82, 2.24) is 0 Å². The van der Waals surface area contributed by atoms with Gasteiger partial charge < -0.3 is 9.47 Å². The van der Waals surface area contributed by atoms with Crippen LogP contribution in [0.1, 0.15) is 21.5 Å². The van der Waals surface area contributed by atoms with E-state index in [1.54, 1.807) is 0 Å². The van der Waals surface area contributed by atoms with E-state index in [1.807, 2.05) is 0 Å². The van der Waals surface area contributed by atoms with E-state index in [4.69, 9.17) is 9.47 Å². The summed E-state index contributed by atoms with van der Waals surface area (Å²) < 4.78 is 60.4. The Hall–Kier alpha value is -3.16. The lowest BCUT2D eigenvalue weighted by Crippen LogP contribution is -2.12. The lowest BCUT2D eigenvalue weighted by molar-refractivity contribution is -0.138. The molecule has 0 atom stereocenters. The van der Waals surface area contributed by atoms with Crippen LogP contribution in [0, 0.1) is 5.82 Å². The van der Waals surface area contributed by atoms with Crippen molar-refractivity contribution >= 4 is 17.8 Å². The van der Waals surface area contributed by atoms with Gasteiger partial charge in [-0.3, -0.25) is 4.79 Å². The van der Waals surface area contributed by atoms with Crippen LogP contribution in [0.3, 0.4) is 0 Å². The Morgan fingerprint density at radius 3 is 2.30 bits per heavy atom. The van der Waals surface area contributed by atoms with Gasteiger partial charge in [0, 0.05) is 11.6 Å². The summed E-state index contributed by atoms with van der Waals surface area (Å²) in [6.45, 7) is -0.609. The zero-order chi connectivity index (χ0) is 20.0. The minimum Gasteiger partial charge on any atom is -0.494 e. The third-order valence-corrected chi connectivity index (χ3v) is 3.47. The number of carbonyl (C=O) groups excluding carboxylic acids is 2. The zero-order valence-electron chi connectivity index (χ0n) is 14.0. The first kappa shape index (κ1) is 20.2. The molecule has 0 spiro atoms. The molecule has 0 aliphatic carbocycles. The number of methoxy groups -OCH3 is 1. The number of ketones is 1. The summed E-state index contributed by atoms with van der Waals surface area (Å²) in [4.78, 5) is 23.5. The van der Waals surface area contributed by atoms with Gasteiger partial charge in [-0.1, -0.05) is 12.1 Å². The molecule has 0 aromatic heterocycles. The summed E-state index contributed by atoms with van der Waals surface area (Å²) >= 11 is 0. The third-order valence-electron chi connectivity index (χ3n) is 3.47. The third kappa shape index (κ3) is 5.67. The quantitative estimate of drug-likeness (QED) is 0.324. The molecule has 2 aromatic carbocycles. The molecule has 2 aromatic rings. The van der Waals surface area contributed by atoms with Crippen LogP contribution >= 0.6 is 0 Å². The molecule has 0 heterocycles. The highest BCUT2D eigenvalue weighted by molar-refractivity contribution is 5.99. The fraction of sp³-hybridized carbons (Fsp3) is 0.158. The van der Waals surface area contributed by atoms with Crippen LogP contribution in [0.25, 0.3) is 6.08 Å². The number of benzene rings is 2. The summed E-state index contributed by atoms with van der Waals surface area (Å²) in [7, 11) is 1.28. The topological polar surface area (TPSA) is 52.6 Å². The molecular weight excluding hydrogens is 368 g/mol. The predicted molar refractivity (Wildman–Crippen MR) is 88.7 cm³/mol. The molecule has 0 bridgehead atoms. The van der Waals surface area contributed by atoms with Gasteiger partial charge in [0.25, 0.3) is 0 Å². The molecule has 0 amide bonds. The van der Waals surface area contributed by atoms with E-state index in [9.17, 15) is 27.2 Å². The normalized spacial score (nSPS) is 11.4. The zero-order valence-corrected chi connectivity index (χ0v) is 14.0. The first-order valence-corrected chi connectivity index (χ1v) is 7.59. The fourth-order valence-corrected chi connectivity index (χ4v) is 2.06. The Morgan fingerprint density at radius 2 is 1.74 bits per heavy atom. The van der Waals surface area contributed by atoms with Crippen molar-refractivity contribution in [3.63, 3.8) is 0 Å². The molecule has 0 saturated carbocycles. The predicted octanol–water partition coefficient (Wildman–Crippen LogP) is 4.29. The number of alkyl halides is 3. The first-order chi connectivity index (χ1) is 12.7. The van der Waals surface area contributed by atoms with Crippen molar-refractivity contribution in [2.24, 2.45) is 0 Å². The van der Waals surface area contributed by atoms with Gasteiger partial charge in [0.05, 0.1) is 12.7 Å². The molecule has 0 fully saturated rings. The Morgan fingerprint density at radius 1 is 1.07 bits per heavy atom. The molecule has 0 aliphatic rings. The summed E-state index contributed by atoms with van der Waals surface area (Å²) in [5.41, 5.74) is -0.448. The van der Waals surface area contributed by atoms with Gasteiger partial charge in [0.2, 0.25) is 0 Å². The highest BCUT2D eigenvalue weighted by Crippen LogP contribution is 2.29. The minimum absolute atomic E-state index is 0.00724. The van der Waals surface area contributed by atoms with E-state index in [1.165, 1.54) is 37.5 Å². The SMILES string of the molecule is COc1ccc(C(=O)COC(=O)/C=C/c2ccc(C(F)(F)F)cc2)cc1F. The number of halogens is 4. The van der Waals surface area contributed by atoms with Crippen LogP contribution in [0.4, 0.5) is 17.6 Å². The number of hydrogen-bond acceptors (Lipinski definition) is 4. The molecule has 142 valence electrons. The van der Waals surface area contributed by atoms with E-state index in [0.29, 0.717) is 5.56 Å². The van der Waals surface area contributed by atoms with Gasteiger partial charge in [0.15, 0.2) is 24.0 Å². The smallest absolute Gasteiger partial charge is 0.416 e. The summed E-state index contributed by atoms with van der Waals surface area (Å²) in [5.74, 6) is -2.23. The maximum Gasteiger partial charge on any atom is 0.416 e. The first-order valence-electron chi connectivity index (χ1n) is 7.59. The largest absolute Gasteiger partial charge is 0.494 e. The molecular formula is C19H14F4O4. The molecule has 0 N–H and O–H groups in total. The number of carbonyl (C=O) groups is 2. The van der Waals surface area contributed by atoms with E-state index in [0.717, 1.165) is 24.3 Å². The Kier molecular flexibility index (Phi) is 6.33. The molecule has 0 saturated heterocycles. The molecule has 0 unspecified atom stereocenters. The second-order valence-electron chi connectivity index (χ2n) is 5.33. The van der Waals surface area contributed by atoms with Crippen molar-refractivity contribution in [3.05, 3.63) is 71.0 Å². The van der Waals surface area contributed by atoms with Crippen LogP contribution in [-0.2, 0) is 15.7 Å². The molecule has 27 heavy (non-hydrogen) atoms. The van der Waals surface area contributed by atoms with Gasteiger partial charge in [-0.2, -0.15) is 13.2 Å². The Bertz CT molecular complexity index is 855. The van der Waals surface area contributed by atoms with Crippen molar-refractivity contribution in [2.75, 3.05) is 13.7 Å². The Labute approximate surface area is 152 Å². The highest BCUT2D eigenvalue weighted by Gasteiger charge is 2.29. The van der Waals surface area contributed by atoms with Gasteiger partial charge in [-0.15, -0.1) is 0 Å². The van der Waals surface area contributed by atoms with E-state index >= 15 is 0 Å². The van der Waals surface area contributed by atoms with E-state index in [2.05, 4.69) is 0 Å². The lowest BCUT2D eigenvalue weighted by Gasteiger charge is -2.06. The second kappa shape index (κ2) is 8.48. The average Bonchev–Trinajstić information content (AvgIpc) is 2.64. The molecule has 0 radical (unpaired) electrons. The Balaban J connectivity index is 1.91. The van der Waals surface area contributed by atoms with Gasteiger partial charge in [0.1, 0.15) is 0 Å². The maximum atomic E-state index is 13.6. The number of esters is 1. The average molecular weight is 382 g/mol. The van der Waals surface area contributed by atoms with Crippen LogP contribution < -0.4 is 4.74 Å². The summed E-state index contributed by atoms with van der Waals surface area (Å²) in [5, 5.41) is 0. The highest BCUT2D eigenvalue weighted by atomic mass is 19.4. The fourth-order valence-electron chi connectivity index (χ4n) is 2.06. The van der Waals surface area contributed by atoms with Crippen LogP contribution in [0.2, 0.25) is 0 Å². The monoisotopic (exact) mass is 382 g/mol. The van der Waals surface area contributed by atoms with Gasteiger partial charge >= 0.3 is 12.1 Å². The lowest BCUT2D eigenvalue weighted by atomic mass is 10.1. The van der Waals surface area contributed by atoms with Gasteiger partial charge in [-0.05, 0) is 42.0 Å². The number of Topliss-reactive ketones (excluding diaryl/α,β-unsaturated/α-hetero) is 1. The number of rotatable bonds is 6. The summed E-state index contributed by atoms with van der Waals surface area (Å²) in [6.07, 6.45) is -2.22. The van der Waals surface area contributed by atoms with Crippen LogP contribution in [-0.4, -0.2) is 25.5 Å². The second-order valence-corrected chi connectivity index (χ2v) is 5.33. The minimum atomic E-state index is -4.44. The van der Waals surface area contributed by atoms with Crippen molar-refractivity contribution in [1.29, 1.82) is 0 Å². The van der Waals surface area contributed by atoms with Crippen molar-refractivity contribution < 1.29 is 36.6 Å². The summed E-state index contributed by atoms with van der Waals surface area (Å²) in [6, 6.07) is 7.72. The molecule has 4 nitrogen and oxygen atoms in total. The standard InChI is InChI=1S/C19H14F4O4/c1-26-17-8-5-13(10-15(17)20)16(24)11-27-18(25)9-4-12-2-6-14(7-3-12)19(21,22)23/h2-10H,11H2,1H3/b9-4+. The van der Waals surface area contributed by atoms with Crippen molar-refractivity contribution in [2.45, 2.75) is 6.18 Å². The van der Waals surface area contributed by atoms with Crippen LogP contribution in [0.15, 0.2) is 48.5 Å². The van der Waals surface area contributed by atoms with Crippen molar-refractivity contribution in [3.8, 4) is 5.75 Å². The van der Waals surface area contributed by atoms with Crippen LogP contribution in [0.5, 0.6) is 5.75 Å². The molecule has 8 heteroatoms. The molecule has 0 aliphatic heterocycles. The molecule has 2 rings (SSSR count). The van der Waals surface area contributed by atoms with Gasteiger partial charge in [-0.25, -0.2) is 9.18 Å². The van der Waals surface area contributed by atoms with E-state index in [-0.39, 0.29) is 11.3 Å². The number of ether oxygens (including phenoxy) is 2. The maximum absolute atomic E-state index is 13.6.